The first-order valence-electron chi connectivity index (χ1n) is 5.79. The zero-order valence-corrected chi connectivity index (χ0v) is 11.1. The van der Waals surface area contributed by atoms with Crippen molar-refractivity contribution in [1.82, 2.24) is 0 Å². The molecule has 0 unspecified atom stereocenters. The number of aromatic hydroxyl groups is 1. The Labute approximate surface area is 112 Å². The number of phenolic OH excluding ortho intramolecular Hbond substituents is 1. The molecule has 1 N–H and O–H groups in total. The van der Waals surface area contributed by atoms with E-state index in [2.05, 4.69) is 0 Å². The maximum atomic E-state index is 9.80. The standard InChI is InChI=1S/C15H16O4/c1-17-13-6-4-10(8-12(13)16)11-5-7-14(18-2)15(9-11)19-3/h4-9,16H,1-3H3. The van der Waals surface area contributed by atoms with E-state index in [-0.39, 0.29) is 5.75 Å². The summed E-state index contributed by atoms with van der Waals surface area (Å²) < 4.78 is 15.5. The molecule has 0 aliphatic carbocycles. The monoisotopic (exact) mass is 260 g/mol. The van der Waals surface area contributed by atoms with Crippen molar-refractivity contribution in [2.24, 2.45) is 0 Å². The topological polar surface area (TPSA) is 47.9 Å². The van der Waals surface area contributed by atoms with E-state index < -0.39 is 0 Å². The Morgan fingerprint density at radius 1 is 0.684 bits per heavy atom. The van der Waals surface area contributed by atoms with Crippen LogP contribution in [-0.2, 0) is 0 Å². The maximum absolute atomic E-state index is 9.80. The minimum absolute atomic E-state index is 0.106. The van der Waals surface area contributed by atoms with E-state index in [1.54, 1.807) is 26.4 Å². The molecule has 0 spiro atoms. The molecule has 4 heteroatoms. The summed E-state index contributed by atoms with van der Waals surface area (Å²) in [6.45, 7) is 0. The van der Waals surface area contributed by atoms with Gasteiger partial charge >= 0.3 is 0 Å². The van der Waals surface area contributed by atoms with Crippen molar-refractivity contribution in [2.45, 2.75) is 0 Å². The van der Waals surface area contributed by atoms with E-state index >= 15 is 0 Å². The average Bonchev–Trinajstić information content (AvgIpc) is 2.46. The molecule has 0 saturated heterocycles. The fraction of sp³-hybridized carbons (Fsp3) is 0.200. The Kier molecular flexibility index (Phi) is 3.80. The van der Waals surface area contributed by atoms with Gasteiger partial charge in [-0.3, -0.25) is 0 Å². The zero-order chi connectivity index (χ0) is 13.8. The molecular formula is C15H16O4. The summed E-state index contributed by atoms with van der Waals surface area (Å²) >= 11 is 0. The largest absolute Gasteiger partial charge is 0.504 e. The first-order chi connectivity index (χ1) is 9.19. The second-order valence-electron chi connectivity index (χ2n) is 3.96. The second-order valence-corrected chi connectivity index (χ2v) is 3.96. The lowest BCUT2D eigenvalue weighted by molar-refractivity contribution is 0.355. The molecule has 0 heterocycles. The predicted octanol–water partition coefficient (Wildman–Crippen LogP) is 3.09. The highest BCUT2D eigenvalue weighted by Crippen LogP contribution is 2.35. The highest BCUT2D eigenvalue weighted by Gasteiger charge is 2.08. The van der Waals surface area contributed by atoms with Crippen LogP contribution in [0, 0.1) is 0 Å². The Morgan fingerprint density at radius 2 is 1.21 bits per heavy atom. The summed E-state index contributed by atoms with van der Waals surface area (Å²) in [4.78, 5) is 0. The van der Waals surface area contributed by atoms with Gasteiger partial charge in [0.2, 0.25) is 0 Å². The summed E-state index contributed by atoms with van der Waals surface area (Å²) in [5.41, 5.74) is 1.80. The minimum Gasteiger partial charge on any atom is -0.504 e. The molecule has 2 aromatic carbocycles. The number of benzene rings is 2. The lowest BCUT2D eigenvalue weighted by Gasteiger charge is -2.10. The molecule has 0 fully saturated rings. The van der Waals surface area contributed by atoms with Crippen molar-refractivity contribution in [3.8, 4) is 34.1 Å². The van der Waals surface area contributed by atoms with Gasteiger partial charge in [-0.15, -0.1) is 0 Å². The smallest absolute Gasteiger partial charge is 0.161 e. The number of rotatable bonds is 4. The molecule has 19 heavy (non-hydrogen) atoms. The van der Waals surface area contributed by atoms with Gasteiger partial charge in [-0.2, -0.15) is 0 Å². The molecule has 2 rings (SSSR count). The number of phenols is 1. The Morgan fingerprint density at radius 3 is 1.74 bits per heavy atom. The van der Waals surface area contributed by atoms with Crippen molar-refractivity contribution in [1.29, 1.82) is 0 Å². The van der Waals surface area contributed by atoms with Crippen LogP contribution >= 0.6 is 0 Å². The molecule has 100 valence electrons. The van der Waals surface area contributed by atoms with Crippen LogP contribution in [0.15, 0.2) is 36.4 Å². The van der Waals surface area contributed by atoms with Crippen LogP contribution in [0.1, 0.15) is 0 Å². The van der Waals surface area contributed by atoms with Crippen LogP contribution < -0.4 is 14.2 Å². The van der Waals surface area contributed by atoms with Gasteiger partial charge in [0.25, 0.3) is 0 Å². The molecule has 0 aromatic heterocycles. The van der Waals surface area contributed by atoms with E-state index in [1.807, 2.05) is 24.3 Å². The first kappa shape index (κ1) is 13.1. The van der Waals surface area contributed by atoms with E-state index in [0.717, 1.165) is 11.1 Å². The number of methoxy groups -OCH3 is 3. The molecule has 0 aliphatic rings. The van der Waals surface area contributed by atoms with E-state index in [1.165, 1.54) is 7.11 Å². The molecule has 0 bridgehead atoms. The first-order valence-corrected chi connectivity index (χ1v) is 5.79. The summed E-state index contributed by atoms with van der Waals surface area (Å²) in [5.74, 6) is 1.87. The highest BCUT2D eigenvalue weighted by atomic mass is 16.5. The van der Waals surface area contributed by atoms with Crippen LogP contribution in [0.2, 0.25) is 0 Å². The predicted molar refractivity (Wildman–Crippen MR) is 73.2 cm³/mol. The van der Waals surface area contributed by atoms with Crippen molar-refractivity contribution >= 4 is 0 Å². The van der Waals surface area contributed by atoms with Gasteiger partial charge in [0.05, 0.1) is 21.3 Å². The third kappa shape index (κ3) is 2.57. The van der Waals surface area contributed by atoms with Gasteiger partial charge in [-0.1, -0.05) is 12.1 Å². The van der Waals surface area contributed by atoms with Gasteiger partial charge in [-0.25, -0.2) is 0 Å². The molecular weight excluding hydrogens is 244 g/mol. The molecule has 0 atom stereocenters. The van der Waals surface area contributed by atoms with Crippen LogP contribution in [0.25, 0.3) is 11.1 Å². The molecule has 2 aromatic rings. The Bertz CT molecular complexity index is 578. The Hall–Kier alpha value is -2.36. The SMILES string of the molecule is COc1ccc(-c2ccc(OC)c(OC)c2)cc1O. The summed E-state index contributed by atoms with van der Waals surface area (Å²) in [6, 6.07) is 10.8. The highest BCUT2D eigenvalue weighted by molar-refractivity contribution is 5.69. The van der Waals surface area contributed by atoms with Gasteiger partial charge < -0.3 is 19.3 Å². The quantitative estimate of drug-likeness (QED) is 0.917. The van der Waals surface area contributed by atoms with Crippen LogP contribution in [-0.4, -0.2) is 26.4 Å². The zero-order valence-electron chi connectivity index (χ0n) is 11.1. The van der Waals surface area contributed by atoms with Gasteiger partial charge in [0, 0.05) is 0 Å². The fourth-order valence-electron chi connectivity index (χ4n) is 1.89. The van der Waals surface area contributed by atoms with Crippen molar-refractivity contribution in [3.05, 3.63) is 36.4 Å². The summed E-state index contributed by atoms with van der Waals surface area (Å²) in [6.07, 6.45) is 0. The van der Waals surface area contributed by atoms with Crippen LogP contribution in [0.3, 0.4) is 0 Å². The molecule has 0 amide bonds. The van der Waals surface area contributed by atoms with Crippen LogP contribution in [0.4, 0.5) is 0 Å². The summed E-state index contributed by atoms with van der Waals surface area (Å²) in [5, 5.41) is 9.80. The lowest BCUT2D eigenvalue weighted by Crippen LogP contribution is -1.91. The van der Waals surface area contributed by atoms with E-state index in [0.29, 0.717) is 17.2 Å². The van der Waals surface area contributed by atoms with Crippen molar-refractivity contribution < 1.29 is 19.3 Å². The normalized spacial score (nSPS) is 10.1. The third-order valence-electron chi connectivity index (χ3n) is 2.90. The minimum atomic E-state index is 0.106. The number of hydrogen-bond acceptors (Lipinski definition) is 4. The second kappa shape index (κ2) is 5.52. The number of hydrogen-bond donors (Lipinski definition) is 1. The van der Waals surface area contributed by atoms with Gasteiger partial charge in [-0.05, 0) is 35.4 Å². The molecule has 0 aliphatic heterocycles. The van der Waals surface area contributed by atoms with Crippen molar-refractivity contribution in [2.75, 3.05) is 21.3 Å². The van der Waals surface area contributed by atoms with Gasteiger partial charge in [0.1, 0.15) is 0 Å². The lowest BCUT2D eigenvalue weighted by atomic mass is 10.0. The van der Waals surface area contributed by atoms with Gasteiger partial charge in [0.15, 0.2) is 23.0 Å². The average molecular weight is 260 g/mol. The van der Waals surface area contributed by atoms with E-state index in [9.17, 15) is 5.11 Å². The van der Waals surface area contributed by atoms with Crippen molar-refractivity contribution in [3.63, 3.8) is 0 Å². The molecule has 4 nitrogen and oxygen atoms in total. The number of ether oxygens (including phenoxy) is 3. The Balaban J connectivity index is 2.44. The van der Waals surface area contributed by atoms with Crippen LogP contribution in [0.5, 0.6) is 23.0 Å². The molecule has 0 saturated carbocycles. The molecule has 0 radical (unpaired) electrons. The third-order valence-corrected chi connectivity index (χ3v) is 2.90. The fourth-order valence-corrected chi connectivity index (χ4v) is 1.89. The summed E-state index contributed by atoms with van der Waals surface area (Å²) in [7, 11) is 4.70. The van der Waals surface area contributed by atoms with E-state index in [4.69, 9.17) is 14.2 Å². The maximum Gasteiger partial charge on any atom is 0.161 e.